The molecule has 1 fully saturated rings. The van der Waals surface area contributed by atoms with E-state index in [1.54, 1.807) is 79.2 Å². The molecule has 64 heavy (non-hydrogen) atoms. The SMILES string of the molecule is C/C(=N\O)c1cccnc1.CC(C)(c1ncc(-c2cccnc2)o1)N1CCN(C[C@H](O)C[C@@H](Cc2ccccc2)C(=O)N[C@H]2c3ccccc3OC[C@H]2O)[C@H](C(=O)NCC(F)(F)F)C1. The number of pyridine rings is 2. The Balaban J connectivity index is 0.000000600. The molecule has 2 aliphatic rings. The van der Waals surface area contributed by atoms with E-state index in [2.05, 4.69) is 25.4 Å². The second-order valence-electron chi connectivity index (χ2n) is 16.2. The summed E-state index contributed by atoms with van der Waals surface area (Å²) < 4.78 is 51.4. The number of nitrogens with one attached hydrogen (secondary N) is 2. The first kappa shape index (κ1) is 47.3. The summed E-state index contributed by atoms with van der Waals surface area (Å²) in [7, 11) is 0. The Morgan fingerprint density at radius 1 is 0.953 bits per heavy atom. The van der Waals surface area contributed by atoms with Gasteiger partial charge in [0.05, 0.1) is 29.6 Å². The Morgan fingerprint density at radius 3 is 2.36 bits per heavy atom. The molecule has 2 aromatic carbocycles. The first-order valence-electron chi connectivity index (χ1n) is 20.8. The third-order valence-electron chi connectivity index (χ3n) is 11.3. The van der Waals surface area contributed by atoms with E-state index in [1.165, 1.54) is 0 Å². The fraction of sp³-hybridized carbons (Fsp3) is 0.391. The van der Waals surface area contributed by atoms with Crippen molar-refractivity contribution in [2.75, 3.05) is 39.3 Å². The van der Waals surface area contributed by atoms with Gasteiger partial charge in [-0.15, -0.1) is 0 Å². The van der Waals surface area contributed by atoms with Gasteiger partial charge in [0.1, 0.15) is 31.0 Å². The summed E-state index contributed by atoms with van der Waals surface area (Å²) in [6.45, 7) is 4.48. The molecule has 15 nitrogen and oxygen atoms in total. The summed E-state index contributed by atoms with van der Waals surface area (Å²) in [6.07, 6.45) is 1.69. The number of β-amino-alcohol motifs (C(OH)–C–C–N with tert-alkyl or cyclic N) is 1. The Kier molecular flexibility index (Phi) is 15.8. The first-order valence-corrected chi connectivity index (χ1v) is 20.8. The number of oxazole rings is 1. The van der Waals surface area contributed by atoms with Crippen LogP contribution in [0.25, 0.3) is 11.3 Å². The average Bonchev–Trinajstić information content (AvgIpc) is 3.81. The smallest absolute Gasteiger partial charge is 0.405 e. The van der Waals surface area contributed by atoms with Crippen LogP contribution < -0.4 is 15.4 Å². The topological polar surface area (TPSA) is 199 Å². The number of piperazine rings is 1. The number of aliphatic hydroxyl groups is 2. The van der Waals surface area contributed by atoms with Crippen molar-refractivity contribution in [3.8, 4) is 17.1 Å². The third-order valence-corrected chi connectivity index (χ3v) is 11.3. The summed E-state index contributed by atoms with van der Waals surface area (Å²) in [6, 6.07) is 21.9. The molecule has 5 N–H and O–H groups in total. The van der Waals surface area contributed by atoms with Gasteiger partial charge in [-0.2, -0.15) is 13.2 Å². The van der Waals surface area contributed by atoms with Gasteiger partial charge in [-0.25, -0.2) is 4.98 Å². The number of carbonyl (C=O) groups excluding carboxylic acids is 2. The molecule has 2 amide bonds. The van der Waals surface area contributed by atoms with Crippen molar-refractivity contribution in [3.63, 3.8) is 0 Å². The van der Waals surface area contributed by atoms with Crippen LogP contribution in [-0.4, -0.2) is 121 Å². The van der Waals surface area contributed by atoms with Crippen molar-refractivity contribution in [1.29, 1.82) is 0 Å². The molecule has 0 radical (unpaired) electrons. The number of aromatic nitrogens is 3. The van der Waals surface area contributed by atoms with Gasteiger partial charge in [-0.1, -0.05) is 53.7 Å². The van der Waals surface area contributed by atoms with Gasteiger partial charge in [0, 0.05) is 73.6 Å². The second-order valence-corrected chi connectivity index (χ2v) is 16.2. The number of amides is 2. The second kappa shape index (κ2) is 21.4. The van der Waals surface area contributed by atoms with Crippen LogP contribution in [0.2, 0.25) is 0 Å². The Bertz CT molecular complexity index is 2300. The number of para-hydroxylation sites is 1. The molecule has 0 aliphatic carbocycles. The van der Waals surface area contributed by atoms with Crippen molar-refractivity contribution < 1.29 is 47.3 Å². The molecule has 0 unspecified atom stereocenters. The normalized spacial score (nSPS) is 19.2. The van der Waals surface area contributed by atoms with Crippen molar-refractivity contribution in [2.24, 2.45) is 11.1 Å². The van der Waals surface area contributed by atoms with Crippen molar-refractivity contribution in [2.45, 2.75) is 69.6 Å². The highest BCUT2D eigenvalue weighted by Crippen LogP contribution is 2.34. The number of oxime groups is 1. The van der Waals surface area contributed by atoms with E-state index in [4.69, 9.17) is 14.4 Å². The summed E-state index contributed by atoms with van der Waals surface area (Å²) in [5, 5.41) is 38.7. The van der Waals surface area contributed by atoms with E-state index in [1.807, 2.05) is 66.5 Å². The van der Waals surface area contributed by atoms with E-state index in [0.29, 0.717) is 35.2 Å². The molecule has 340 valence electrons. The molecule has 1 saturated heterocycles. The molecule has 7 rings (SSSR count). The zero-order valence-electron chi connectivity index (χ0n) is 35.7. The maximum atomic E-state index is 13.9. The van der Waals surface area contributed by atoms with Gasteiger partial charge in [0.25, 0.3) is 0 Å². The molecule has 0 spiro atoms. The van der Waals surface area contributed by atoms with Gasteiger partial charge >= 0.3 is 6.18 Å². The van der Waals surface area contributed by atoms with E-state index in [9.17, 15) is 33.0 Å². The Hall–Kier alpha value is -6.21. The number of aliphatic hydroxyl groups excluding tert-OH is 2. The van der Waals surface area contributed by atoms with E-state index >= 15 is 0 Å². The van der Waals surface area contributed by atoms with Crippen LogP contribution in [0, 0.1) is 5.92 Å². The van der Waals surface area contributed by atoms with E-state index in [0.717, 1.165) is 16.7 Å². The van der Waals surface area contributed by atoms with Crippen LogP contribution >= 0.6 is 0 Å². The van der Waals surface area contributed by atoms with Crippen molar-refractivity contribution >= 4 is 17.5 Å². The van der Waals surface area contributed by atoms with Gasteiger partial charge < -0.3 is 35.2 Å². The highest BCUT2D eigenvalue weighted by molar-refractivity contribution is 5.97. The van der Waals surface area contributed by atoms with Crippen LogP contribution in [0.1, 0.15) is 55.8 Å². The number of rotatable bonds is 14. The molecule has 0 bridgehead atoms. The van der Waals surface area contributed by atoms with Crippen LogP contribution in [0.3, 0.4) is 0 Å². The number of carbonyl (C=O) groups is 2. The lowest BCUT2D eigenvalue weighted by molar-refractivity contribution is -0.144. The first-order chi connectivity index (χ1) is 30.6. The molecule has 18 heteroatoms. The predicted molar refractivity (Wildman–Crippen MR) is 230 cm³/mol. The van der Waals surface area contributed by atoms with Gasteiger partial charge in [-0.05, 0) is 69.5 Å². The summed E-state index contributed by atoms with van der Waals surface area (Å²) in [4.78, 5) is 43.5. The molecule has 5 atom stereocenters. The van der Waals surface area contributed by atoms with E-state index in [-0.39, 0.29) is 45.0 Å². The Labute approximate surface area is 369 Å². The zero-order valence-corrected chi connectivity index (χ0v) is 35.7. The average molecular weight is 887 g/mol. The number of halogens is 3. The van der Waals surface area contributed by atoms with Crippen molar-refractivity contribution in [3.05, 3.63) is 132 Å². The molecule has 2 aliphatic heterocycles. The molecular weight excluding hydrogens is 834 g/mol. The number of alkyl halides is 3. The highest BCUT2D eigenvalue weighted by atomic mass is 19.4. The maximum Gasteiger partial charge on any atom is 0.405 e. The highest BCUT2D eigenvalue weighted by Gasteiger charge is 2.43. The van der Waals surface area contributed by atoms with Crippen LogP contribution in [0.5, 0.6) is 5.75 Å². The number of hydrogen-bond donors (Lipinski definition) is 5. The van der Waals surface area contributed by atoms with Gasteiger partial charge in [-0.3, -0.25) is 29.4 Å². The fourth-order valence-electron chi connectivity index (χ4n) is 7.72. The number of fused-ring (bicyclic) bond motifs is 1. The van der Waals surface area contributed by atoms with Crippen LogP contribution in [-0.2, 0) is 21.5 Å². The largest absolute Gasteiger partial charge is 0.490 e. The molecule has 0 saturated carbocycles. The van der Waals surface area contributed by atoms with E-state index < -0.39 is 54.4 Å². The van der Waals surface area contributed by atoms with Crippen LogP contribution in [0.4, 0.5) is 13.2 Å². The Morgan fingerprint density at radius 2 is 1.67 bits per heavy atom. The number of benzene rings is 2. The number of hydrogen-bond acceptors (Lipinski definition) is 13. The lowest BCUT2D eigenvalue weighted by atomic mass is 9.90. The molecular formula is C46H53F3N8O7. The number of ether oxygens (including phenoxy) is 1. The molecule has 3 aromatic heterocycles. The lowest BCUT2D eigenvalue weighted by Crippen LogP contribution is -2.63. The summed E-state index contributed by atoms with van der Waals surface area (Å²) >= 11 is 0. The number of nitrogens with zero attached hydrogens (tertiary/aromatic N) is 6. The fourth-order valence-corrected chi connectivity index (χ4v) is 7.72. The molecule has 5 heterocycles. The maximum absolute atomic E-state index is 13.9. The minimum Gasteiger partial charge on any atom is -0.490 e. The monoisotopic (exact) mass is 886 g/mol. The summed E-state index contributed by atoms with van der Waals surface area (Å²) in [5.41, 5.74) is 2.77. The zero-order chi connectivity index (χ0) is 45.9. The quantitative estimate of drug-likeness (QED) is 0.0561. The van der Waals surface area contributed by atoms with Crippen LogP contribution in [0.15, 0.2) is 119 Å². The predicted octanol–water partition coefficient (Wildman–Crippen LogP) is 5.14. The summed E-state index contributed by atoms with van der Waals surface area (Å²) in [5.74, 6) is -0.563. The standard InChI is InChI=1S/C39H45F3N6O6.C7H8N2O/c1-38(2,37-44-20-33(54-37)26-11-8-14-43-19-26)48-16-15-47(30(22-48)36(52)45-24-39(40,41)42)21-28(49)18-27(17-25-9-4-3-5-10-25)35(51)46-34-29-12-6-7-13-32(29)53-23-31(34)50;1-6(9-10)7-3-2-4-8-5-7/h3-14,19-20,27-28,30-31,34,49-50H,15-18,21-24H2,1-2H3,(H,45,52)(H,46,51);2-5,10H,1H3/b;9-6+/t27-,28-,30+,31-,34+;/m1./s1. The minimum atomic E-state index is -4.62. The molecule has 5 aromatic rings. The lowest BCUT2D eigenvalue weighted by Gasteiger charge is -2.46. The van der Waals surface area contributed by atoms with Gasteiger partial charge in [0.15, 0.2) is 5.76 Å². The van der Waals surface area contributed by atoms with Crippen molar-refractivity contribution in [1.82, 2.24) is 35.4 Å². The third kappa shape index (κ3) is 12.5. The van der Waals surface area contributed by atoms with Gasteiger partial charge in [0.2, 0.25) is 17.7 Å². The minimum absolute atomic E-state index is 0.00380.